The second-order valence-corrected chi connectivity index (χ2v) is 10.9. The maximum Gasteiger partial charge on any atom is 0.338 e. The van der Waals surface area contributed by atoms with E-state index in [0.717, 1.165) is 20.1 Å². The molecule has 0 atom stereocenters. The molecule has 3 N–H and O–H groups in total. The summed E-state index contributed by atoms with van der Waals surface area (Å²) in [7, 11) is -3.89. The van der Waals surface area contributed by atoms with Crippen molar-refractivity contribution >= 4 is 60.9 Å². The Labute approximate surface area is 204 Å². The number of carbonyl (C=O) groups is 2. The number of thiazole rings is 1. The van der Waals surface area contributed by atoms with Crippen LogP contribution in [0, 0.1) is 0 Å². The Bertz CT molecular complexity index is 1420. The zero-order chi connectivity index (χ0) is 24.1. The number of sulfonamides is 1. The first-order chi connectivity index (χ1) is 16.3. The normalized spacial score (nSPS) is 11.3. The summed E-state index contributed by atoms with van der Waals surface area (Å²) in [6.07, 6.45) is 0. The van der Waals surface area contributed by atoms with Crippen molar-refractivity contribution in [1.82, 2.24) is 4.98 Å². The van der Waals surface area contributed by atoms with Gasteiger partial charge < -0.3 is 10.1 Å². The summed E-state index contributed by atoms with van der Waals surface area (Å²) in [5, 5.41) is 7.55. The number of primary sulfonamides is 1. The van der Waals surface area contributed by atoms with E-state index in [0.29, 0.717) is 11.3 Å². The molecule has 1 amide bonds. The number of benzene rings is 3. The van der Waals surface area contributed by atoms with Crippen molar-refractivity contribution in [3.8, 4) is 0 Å². The van der Waals surface area contributed by atoms with Gasteiger partial charge in [-0.2, -0.15) is 0 Å². The molecule has 8 nitrogen and oxygen atoms in total. The number of nitrogens with zero attached hydrogens (tertiary/aromatic N) is 1. The van der Waals surface area contributed by atoms with Crippen LogP contribution in [0.5, 0.6) is 0 Å². The number of amides is 1. The van der Waals surface area contributed by atoms with E-state index >= 15 is 0 Å². The summed E-state index contributed by atoms with van der Waals surface area (Å²) in [6.45, 7) is -0.520. The highest BCUT2D eigenvalue weighted by Gasteiger charge is 2.13. The van der Waals surface area contributed by atoms with Crippen LogP contribution in [0.4, 0.5) is 5.69 Å². The molecule has 0 fully saturated rings. The van der Waals surface area contributed by atoms with Crippen molar-refractivity contribution in [2.45, 2.75) is 15.0 Å². The number of para-hydroxylation sites is 1. The van der Waals surface area contributed by atoms with Gasteiger partial charge in [0, 0.05) is 11.4 Å². The summed E-state index contributed by atoms with van der Waals surface area (Å²) in [4.78, 5) is 28.8. The van der Waals surface area contributed by atoms with Gasteiger partial charge in [-0.3, -0.25) is 4.79 Å². The lowest BCUT2D eigenvalue weighted by atomic mass is 10.1. The monoisotopic (exact) mass is 513 g/mol. The van der Waals surface area contributed by atoms with Crippen LogP contribution in [0.3, 0.4) is 0 Å². The van der Waals surface area contributed by atoms with Crippen LogP contribution in [0.25, 0.3) is 10.2 Å². The molecule has 1 aromatic heterocycles. The predicted octanol–water partition coefficient (Wildman–Crippen LogP) is 4.03. The highest BCUT2D eigenvalue weighted by molar-refractivity contribution is 8.00. The minimum Gasteiger partial charge on any atom is -0.452 e. The topological polar surface area (TPSA) is 128 Å². The van der Waals surface area contributed by atoms with Gasteiger partial charge in [0.05, 0.1) is 20.7 Å². The quantitative estimate of drug-likeness (QED) is 0.269. The van der Waals surface area contributed by atoms with E-state index in [9.17, 15) is 18.0 Å². The van der Waals surface area contributed by atoms with Gasteiger partial charge in [0.15, 0.2) is 10.9 Å². The minimum absolute atomic E-state index is 0.135. The maximum atomic E-state index is 12.3. The maximum absolute atomic E-state index is 12.3. The first-order valence-corrected chi connectivity index (χ1v) is 13.3. The Balaban J connectivity index is 1.27. The molecule has 0 aliphatic rings. The van der Waals surface area contributed by atoms with Crippen LogP contribution in [0.1, 0.15) is 15.9 Å². The lowest BCUT2D eigenvalue weighted by Crippen LogP contribution is -2.21. The number of hydrogen-bond acceptors (Lipinski definition) is 8. The highest BCUT2D eigenvalue weighted by atomic mass is 32.2. The molecule has 0 radical (unpaired) electrons. The lowest BCUT2D eigenvalue weighted by Gasteiger charge is -2.08. The summed E-state index contributed by atoms with van der Waals surface area (Å²) in [5.74, 6) is -0.544. The van der Waals surface area contributed by atoms with E-state index in [-0.39, 0.29) is 10.6 Å². The first-order valence-electron chi connectivity index (χ1n) is 9.95. The summed E-state index contributed by atoms with van der Waals surface area (Å²) < 4.78 is 30.0. The number of aromatic nitrogens is 1. The molecule has 11 heteroatoms. The third-order valence-electron chi connectivity index (χ3n) is 4.61. The molecule has 3 aromatic carbocycles. The van der Waals surface area contributed by atoms with Gasteiger partial charge in [0.2, 0.25) is 10.0 Å². The number of ether oxygens (including phenoxy) is 1. The molecule has 174 valence electrons. The molecule has 0 saturated carbocycles. The van der Waals surface area contributed by atoms with E-state index < -0.39 is 28.5 Å². The molecule has 0 unspecified atom stereocenters. The average molecular weight is 514 g/mol. The van der Waals surface area contributed by atoms with Crippen molar-refractivity contribution in [3.63, 3.8) is 0 Å². The van der Waals surface area contributed by atoms with E-state index in [1.807, 2.05) is 36.4 Å². The second-order valence-electron chi connectivity index (χ2n) is 7.13. The van der Waals surface area contributed by atoms with Crippen molar-refractivity contribution in [3.05, 3.63) is 83.9 Å². The second kappa shape index (κ2) is 10.3. The lowest BCUT2D eigenvalue weighted by molar-refractivity contribution is -0.119. The number of fused-ring (bicyclic) bond motifs is 1. The Hall–Kier alpha value is -3.25. The number of thioether (sulfide) groups is 1. The molecule has 0 spiro atoms. The number of rotatable bonds is 8. The molecule has 34 heavy (non-hydrogen) atoms. The number of anilines is 1. The fourth-order valence-corrected chi connectivity index (χ4v) is 5.54. The SMILES string of the molecule is NS(=O)(=O)c1cccc(NC(=O)COC(=O)c2ccc(CSc3nc4ccccc4s3)cc2)c1. The van der Waals surface area contributed by atoms with Gasteiger partial charge in [-0.1, -0.05) is 42.1 Å². The van der Waals surface area contributed by atoms with Crippen LogP contribution < -0.4 is 10.5 Å². The Morgan fingerprint density at radius 3 is 2.53 bits per heavy atom. The predicted molar refractivity (Wildman–Crippen MR) is 132 cm³/mol. The minimum atomic E-state index is -3.89. The summed E-state index contributed by atoms with van der Waals surface area (Å²) >= 11 is 3.26. The van der Waals surface area contributed by atoms with Crippen molar-refractivity contribution in [1.29, 1.82) is 0 Å². The Kier molecular flexibility index (Phi) is 7.27. The number of nitrogens with two attached hydrogens (primary N) is 1. The number of hydrogen-bond donors (Lipinski definition) is 2. The van der Waals surface area contributed by atoms with Crippen molar-refractivity contribution < 1.29 is 22.7 Å². The van der Waals surface area contributed by atoms with E-state index in [2.05, 4.69) is 10.3 Å². The zero-order valence-corrected chi connectivity index (χ0v) is 20.1. The van der Waals surface area contributed by atoms with Crippen LogP contribution in [0.15, 0.2) is 82.0 Å². The van der Waals surface area contributed by atoms with Crippen LogP contribution in [-0.4, -0.2) is 31.9 Å². The Morgan fingerprint density at radius 2 is 1.79 bits per heavy atom. The molecule has 1 heterocycles. The molecule has 0 aliphatic carbocycles. The van der Waals surface area contributed by atoms with Gasteiger partial charge in [0.1, 0.15) is 0 Å². The van der Waals surface area contributed by atoms with Gasteiger partial charge in [0.25, 0.3) is 5.91 Å². The molecule has 4 rings (SSSR count). The number of esters is 1. The van der Waals surface area contributed by atoms with Gasteiger partial charge in [-0.25, -0.2) is 23.3 Å². The Morgan fingerprint density at radius 1 is 1.03 bits per heavy atom. The van der Waals surface area contributed by atoms with Crippen molar-refractivity contribution in [2.75, 3.05) is 11.9 Å². The van der Waals surface area contributed by atoms with E-state index in [1.54, 1.807) is 35.2 Å². The van der Waals surface area contributed by atoms with Crippen LogP contribution in [0.2, 0.25) is 0 Å². The third kappa shape index (κ3) is 6.20. The van der Waals surface area contributed by atoms with Crippen molar-refractivity contribution in [2.24, 2.45) is 5.14 Å². The average Bonchev–Trinajstić information content (AvgIpc) is 3.24. The highest BCUT2D eigenvalue weighted by Crippen LogP contribution is 2.31. The van der Waals surface area contributed by atoms with Gasteiger partial charge >= 0.3 is 5.97 Å². The fourth-order valence-electron chi connectivity index (χ4n) is 2.96. The van der Waals surface area contributed by atoms with Crippen LogP contribution >= 0.6 is 23.1 Å². The fraction of sp³-hybridized carbons (Fsp3) is 0.0870. The van der Waals surface area contributed by atoms with Gasteiger partial charge in [-0.05, 0) is 48.0 Å². The van der Waals surface area contributed by atoms with E-state index in [1.165, 1.54) is 24.3 Å². The molecule has 4 aromatic rings. The molecule has 0 aliphatic heterocycles. The first kappa shape index (κ1) is 23.9. The molecule has 0 bridgehead atoms. The summed E-state index contributed by atoms with van der Waals surface area (Å²) in [5.41, 5.74) is 2.54. The number of carbonyl (C=O) groups excluding carboxylic acids is 2. The summed E-state index contributed by atoms with van der Waals surface area (Å²) in [6, 6.07) is 20.4. The standard InChI is InChI=1S/C23H19N3O5S3/c24-34(29,30)18-5-3-4-17(12-18)25-21(27)13-31-22(28)16-10-8-15(9-11-16)14-32-23-26-19-6-1-2-7-20(19)33-23/h1-12H,13-14H2,(H,25,27)(H2,24,29,30). The van der Waals surface area contributed by atoms with E-state index in [4.69, 9.17) is 9.88 Å². The molecule has 0 saturated heterocycles. The number of nitrogens with one attached hydrogen (secondary N) is 1. The molecular formula is C23H19N3O5S3. The molecular weight excluding hydrogens is 494 g/mol. The smallest absolute Gasteiger partial charge is 0.338 e. The zero-order valence-electron chi connectivity index (χ0n) is 17.6. The van der Waals surface area contributed by atoms with Gasteiger partial charge in [-0.15, -0.1) is 11.3 Å². The van der Waals surface area contributed by atoms with Crippen LogP contribution in [-0.2, 0) is 25.3 Å². The third-order valence-corrected chi connectivity index (χ3v) is 7.77. The largest absolute Gasteiger partial charge is 0.452 e.